The summed E-state index contributed by atoms with van der Waals surface area (Å²) in [7, 11) is -4.73. The first-order valence-corrected chi connectivity index (χ1v) is 7.44. The molecule has 114 valence electrons. The van der Waals surface area contributed by atoms with Crippen LogP contribution in [0.15, 0.2) is 0 Å². The molecule has 1 fully saturated rings. The van der Waals surface area contributed by atoms with Crippen LogP contribution in [-0.2, 0) is 19.3 Å². The maximum absolute atomic E-state index is 10.8. The van der Waals surface area contributed by atoms with E-state index in [4.69, 9.17) is 9.29 Å². The zero-order valence-corrected chi connectivity index (χ0v) is 12.3. The van der Waals surface area contributed by atoms with Gasteiger partial charge in [0.1, 0.15) is 12.2 Å². The van der Waals surface area contributed by atoms with Crippen molar-refractivity contribution >= 4 is 10.4 Å². The minimum absolute atomic E-state index is 0.295. The maximum Gasteiger partial charge on any atom is 0.397 e. The molecule has 0 aliphatic carbocycles. The van der Waals surface area contributed by atoms with Crippen molar-refractivity contribution in [2.75, 3.05) is 6.61 Å². The van der Waals surface area contributed by atoms with Crippen molar-refractivity contribution in [3.05, 3.63) is 0 Å². The van der Waals surface area contributed by atoms with E-state index in [1.54, 1.807) is 6.92 Å². The van der Waals surface area contributed by atoms with Gasteiger partial charge in [0.2, 0.25) is 0 Å². The van der Waals surface area contributed by atoms with Crippen LogP contribution in [0.5, 0.6) is 0 Å². The number of ether oxygens (including phenoxy) is 1. The monoisotopic (exact) mass is 298 g/mol. The van der Waals surface area contributed by atoms with Crippen LogP contribution >= 0.6 is 0 Å². The minimum atomic E-state index is -4.73. The lowest BCUT2D eigenvalue weighted by Crippen LogP contribution is -2.59. The predicted molar refractivity (Wildman–Crippen MR) is 66.8 cm³/mol. The van der Waals surface area contributed by atoms with Gasteiger partial charge in [-0.05, 0) is 5.41 Å². The van der Waals surface area contributed by atoms with Gasteiger partial charge in [0.25, 0.3) is 0 Å². The molecule has 0 aromatic heterocycles. The summed E-state index contributed by atoms with van der Waals surface area (Å²) in [6.07, 6.45) is -3.89. The Hall–Kier alpha value is -0.250. The van der Waals surface area contributed by atoms with E-state index in [0.29, 0.717) is 0 Å². The van der Waals surface area contributed by atoms with Crippen molar-refractivity contribution in [2.24, 2.45) is 11.3 Å². The molecule has 0 saturated carbocycles. The Labute approximate surface area is 113 Å². The highest BCUT2D eigenvalue weighted by atomic mass is 32.3. The molecule has 1 rings (SSSR count). The normalized spacial score (nSPS) is 37.3. The van der Waals surface area contributed by atoms with Gasteiger partial charge < -0.3 is 14.9 Å². The second-order valence-corrected chi connectivity index (χ2v) is 7.03. The fraction of sp³-hybridized carbons (Fsp3) is 1.00. The van der Waals surface area contributed by atoms with Gasteiger partial charge in [0.05, 0.1) is 18.8 Å². The van der Waals surface area contributed by atoms with Crippen LogP contribution in [0.25, 0.3) is 0 Å². The van der Waals surface area contributed by atoms with Crippen LogP contribution in [0.4, 0.5) is 0 Å². The van der Waals surface area contributed by atoms with Crippen molar-refractivity contribution in [2.45, 2.75) is 52.1 Å². The Balaban J connectivity index is 2.99. The average molecular weight is 298 g/mol. The summed E-state index contributed by atoms with van der Waals surface area (Å²) in [4.78, 5) is 0. The fourth-order valence-electron chi connectivity index (χ4n) is 2.49. The lowest BCUT2D eigenvalue weighted by atomic mass is 9.76. The topological polar surface area (TPSA) is 113 Å². The molecule has 5 unspecified atom stereocenters. The molecule has 1 aliphatic heterocycles. The van der Waals surface area contributed by atoms with E-state index < -0.39 is 41.2 Å². The minimum Gasteiger partial charge on any atom is -0.394 e. The first kappa shape index (κ1) is 16.8. The Morgan fingerprint density at radius 2 is 1.84 bits per heavy atom. The highest BCUT2D eigenvalue weighted by molar-refractivity contribution is 7.80. The van der Waals surface area contributed by atoms with Gasteiger partial charge >= 0.3 is 10.4 Å². The highest BCUT2D eigenvalue weighted by Gasteiger charge is 2.48. The largest absolute Gasteiger partial charge is 0.397 e. The Morgan fingerprint density at radius 3 is 2.21 bits per heavy atom. The van der Waals surface area contributed by atoms with E-state index in [1.165, 1.54) is 0 Å². The van der Waals surface area contributed by atoms with Crippen molar-refractivity contribution in [3.8, 4) is 0 Å². The van der Waals surface area contributed by atoms with Gasteiger partial charge in [-0.1, -0.05) is 27.7 Å². The smallest absolute Gasteiger partial charge is 0.394 e. The molecule has 0 aromatic carbocycles. The molecule has 1 heterocycles. The van der Waals surface area contributed by atoms with E-state index in [1.807, 2.05) is 20.8 Å². The van der Waals surface area contributed by atoms with Gasteiger partial charge in [-0.15, -0.1) is 0 Å². The zero-order valence-electron chi connectivity index (χ0n) is 11.5. The lowest BCUT2D eigenvalue weighted by Gasteiger charge is -2.47. The summed E-state index contributed by atoms with van der Waals surface area (Å²) in [6, 6.07) is 0. The first-order chi connectivity index (χ1) is 8.47. The van der Waals surface area contributed by atoms with Crippen molar-refractivity contribution < 1.29 is 32.1 Å². The van der Waals surface area contributed by atoms with E-state index in [9.17, 15) is 18.6 Å². The van der Waals surface area contributed by atoms with Crippen molar-refractivity contribution in [3.63, 3.8) is 0 Å². The van der Waals surface area contributed by atoms with Crippen LogP contribution in [0.2, 0.25) is 0 Å². The first-order valence-electron chi connectivity index (χ1n) is 6.07. The summed E-state index contributed by atoms with van der Waals surface area (Å²) in [5.41, 5.74) is -0.295. The van der Waals surface area contributed by atoms with Crippen LogP contribution < -0.4 is 0 Å². The molecule has 0 spiro atoms. The third-order valence-electron chi connectivity index (χ3n) is 3.31. The fourth-order valence-corrected chi connectivity index (χ4v) is 3.01. The highest BCUT2D eigenvalue weighted by Crippen LogP contribution is 2.37. The lowest BCUT2D eigenvalue weighted by molar-refractivity contribution is -0.221. The predicted octanol–water partition coefficient (Wildman–Crippen LogP) is -0.0228. The molecule has 0 aromatic rings. The van der Waals surface area contributed by atoms with E-state index in [2.05, 4.69) is 4.18 Å². The Bertz CT molecular complexity index is 398. The molecule has 0 amide bonds. The molecule has 0 bridgehead atoms. The molecular formula is C11H22O7S. The Kier molecular flexibility index (Phi) is 4.98. The van der Waals surface area contributed by atoms with E-state index in [-0.39, 0.29) is 11.5 Å². The number of rotatable bonds is 3. The zero-order chi connectivity index (χ0) is 15.0. The molecule has 3 N–H and O–H groups in total. The number of aliphatic hydroxyl groups excluding tert-OH is 2. The summed E-state index contributed by atoms with van der Waals surface area (Å²) in [6.45, 7) is 6.93. The van der Waals surface area contributed by atoms with Gasteiger partial charge in [0.15, 0.2) is 0 Å². The maximum atomic E-state index is 10.8. The number of aliphatic hydroxyl groups is 2. The van der Waals surface area contributed by atoms with Crippen LogP contribution in [0.1, 0.15) is 27.7 Å². The third kappa shape index (κ3) is 4.11. The van der Waals surface area contributed by atoms with Crippen molar-refractivity contribution in [1.82, 2.24) is 0 Å². The summed E-state index contributed by atoms with van der Waals surface area (Å²) >= 11 is 0. The van der Waals surface area contributed by atoms with Gasteiger partial charge in [-0.25, -0.2) is 4.18 Å². The summed E-state index contributed by atoms with van der Waals surface area (Å²) in [5.74, 6) is -0.408. The molecule has 0 radical (unpaired) electrons. The number of hydrogen-bond acceptors (Lipinski definition) is 6. The van der Waals surface area contributed by atoms with Crippen LogP contribution in [-0.4, -0.2) is 54.2 Å². The third-order valence-corrected chi connectivity index (χ3v) is 3.77. The second-order valence-electron chi connectivity index (χ2n) is 5.98. The molecule has 1 aliphatic rings. The molecular weight excluding hydrogens is 276 g/mol. The second kappa shape index (κ2) is 5.63. The Morgan fingerprint density at radius 1 is 1.32 bits per heavy atom. The van der Waals surface area contributed by atoms with Crippen LogP contribution in [0.3, 0.4) is 0 Å². The standard InChI is InChI=1S/C11H22O7S/c1-6-8(13)9(18-19(14,15)16)7(5-12)17-10(6)11(2,3)4/h6-10,12-13H,5H2,1-4H3,(H,14,15,16). The SMILES string of the molecule is CC1C(O)C(OS(=O)(=O)O)C(CO)OC1C(C)(C)C. The molecule has 7 nitrogen and oxygen atoms in total. The molecule has 1 saturated heterocycles. The van der Waals surface area contributed by atoms with E-state index >= 15 is 0 Å². The molecule has 5 atom stereocenters. The van der Waals surface area contributed by atoms with Crippen LogP contribution in [0, 0.1) is 11.3 Å². The summed E-state index contributed by atoms with van der Waals surface area (Å²) < 4.78 is 40.3. The number of hydrogen-bond donors (Lipinski definition) is 3. The summed E-state index contributed by atoms with van der Waals surface area (Å²) in [5, 5.41) is 19.4. The molecule has 8 heteroatoms. The van der Waals surface area contributed by atoms with Crippen molar-refractivity contribution in [1.29, 1.82) is 0 Å². The average Bonchev–Trinajstić information content (AvgIpc) is 2.22. The van der Waals surface area contributed by atoms with Gasteiger partial charge in [-0.2, -0.15) is 8.42 Å². The van der Waals surface area contributed by atoms with E-state index in [0.717, 1.165) is 0 Å². The van der Waals surface area contributed by atoms with Gasteiger partial charge in [-0.3, -0.25) is 4.55 Å². The molecule has 19 heavy (non-hydrogen) atoms. The quantitative estimate of drug-likeness (QED) is 0.627. The van der Waals surface area contributed by atoms with Gasteiger partial charge in [0, 0.05) is 5.92 Å².